The number of rotatable bonds is 6. The highest BCUT2D eigenvalue weighted by Crippen LogP contribution is 2.18. The van der Waals surface area contributed by atoms with E-state index in [9.17, 15) is 13.6 Å². The van der Waals surface area contributed by atoms with E-state index in [1.807, 2.05) is 24.4 Å². The molecule has 0 aliphatic heterocycles. The molecular formula is C21H17F2N5O. The van der Waals surface area contributed by atoms with Crippen LogP contribution in [0, 0.1) is 11.6 Å². The van der Waals surface area contributed by atoms with Gasteiger partial charge in [-0.15, -0.1) is 0 Å². The lowest BCUT2D eigenvalue weighted by molar-refractivity contribution is 0.102. The van der Waals surface area contributed by atoms with Crippen LogP contribution < -0.4 is 10.6 Å². The van der Waals surface area contributed by atoms with Gasteiger partial charge in [0.05, 0.1) is 18.1 Å². The fraction of sp³-hybridized carbons (Fsp3) is 0.0952. The number of H-pyrrole nitrogens is 1. The van der Waals surface area contributed by atoms with Gasteiger partial charge >= 0.3 is 0 Å². The van der Waals surface area contributed by atoms with Crippen LogP contribution in [0.15, 0.2) is 61.1 Å². The summed E-state index contributed by atoms with van der Waals surface area (Å²) in [5.41, 5.74) is 2.18. The summed E-state index contributed by atoms with van der Waals surface area (Å²) in [6.07, 6.45) is 5.51. The van der Waals surface area contributed by atoms with Crippen molar-refractivity contribution in [3.63, 3.8) is 0 Å². The molecule has 0 bridgehead atoms. The van der Waals surface area contributed by atoms with Crippen molar-refractivity contribution in [1.29, 1.82) is 0 Å². The van der Waals surface area contributed by atoms with E-state index < -0.39 is 17.5 Å². The predicted octanol–water partition coefficient (Wildman–Crippen LogP) is 4.14. The van der Waals surface area contributed by atoms with Crippen LogP contribution in [0.4, 0.5) is 20.3 Å². The van der Waals surface area contributed by atoms with Gasteiger partial charge in [-0.1, -0.05) is 18.2 Å². The molecule has 0 fully saturated rings. The molecule has 2 aromatic heterocycles. The van der Waals surface area contributed by atoms with Crippen LogP contribution in [0.5, 0.6) is 0 Å². The van der Waals surface area contributed by atoms with Gasteiger partial charge in [-0.2, -0.15) is 0 Å². The van der Waals surface area contributed by atoms with Gasteiger partial charge < -0.3 is 15.6 Å². The van der Waals surface area contributed by atoms with Gasteiger partial charge in [0.25, 0.3) is 5.91 Å². The number of nitrogens with one attached hydrogen (secondary N) is 3. The van der Waals surface area contributed by atoms with E-state index in [1.54, 1.807) is 0 Å². The minimum absolute atomic E-state index is 0.0240. The van der Waals surface area contributed by atoms with Crippen molar-refractivity contribution in [2.45, 2.75) is 6.42 Å². The Hall–Kier alpha value is -3.81. The van der Waals surface area contributed by atoms with Crippen molar-refractivity contribution in [2.24, 2.45) is 0 Å². The highest BCUT2D eigenvalue weighted by Gasteiger charge is 2.12. The average molecular weight is 393 g/mol. The molecule has 0 spiro atoms. The molecule has 0 saturated carbocycles. The van der Waals surface area contributed by atoms with Gasteiger partial charge in [-0.05, 0) is 30.2 Å². The molecule has 0 radical (unpaired) electrons. The molecule has 0 aliphatic carbocycles. The first kappa shape index (κ1) is 18.5. The first-order valence-corrected chi connectivity index (χ1v) is 8.97. The monoisotopic (exact) mass is 393 g/mol. The van der Waals surface area contributed by atoms with E-state index in [0.29, 0.717) is 18.4 Å². The Kier molecular flexibility index (Phi) is 5.15. The number of hydrogen-bond donors (Lipinski definition) is 3. The highest BCUT2D eigenvalue weighted by atomic mass is 19.1. The van der Waals surface area contributed by atoms with E-state index in [0.717, 1.165) is 24.1 Å². The Morgan fingerprint density at radius 1 is 1.07 bits per heavy atom. The standard InChI is InChI=1S/C21H17F2N5O/c22-14-5-6-18(16(23)9-14)28-21(29)19-11-27-20(12-26-19)24-8-7-13-10-25-17-4-2-1-3-15(13)17/h1-6,9-12,25H,7-8H2,(H,24,27)(H,28,29). The van der Waals surface area contributed by atoms with Crippen LogP contribution in [-0.2, 0) is 6.42 Å². The molecule has 1 amide bonds. The molecule has 8 heteroatoms. The Bertz CT molecular complexity index is 1160. The fourth-order valence-electron chi connectivity index (χ4n) is 2.98. The third-order valence-corrected chi connectivity index (χ3v) is 4.44. The van der Waals surface area contributed by atoms with Crippen molar-refractivity contribution < 1.29 is 13.6 Å². The fourth-order valence-corrected chi connectivity index (χ4v) is 2.98. The highest BCUT2D eigenvalue weighted by molar-refractivity contribution is 6.02. The zero-order valence-corrected chi connectivity index (χ0v) is 15.2. The van der Waals surface area contributed by atoms with E-state index in [4.69, 9.17) is 0 Å². The number of aromatic nitrogens is 3. The van der Waals surface area contributed by atoms with Crippen molar-refractivity contribution in [1.82, 2.24) is 15.0 Å². The Balaban J connectivity index is 1.34. The Morgan fingerprint density at radius 2 is 1.93 bits per heavy atom. The summed E-state index contributed by atoms with van der Waals surface area (Å²) >= 11 is 0. The van der Waals surface area contributed by atoms with Crippen LogP contribution in [-0.4, -0.2) is 27.4 Å². The summed E-state index contributed by atoms with van der Waals surface area (Å²) in [4.78, 5) is 23.6. The van der Waals surface area contributed by atoms with Crippen LogP contribution >= 0.6 is 0 Å². The molecule has 0 aliphatic rings. The number of fused-ring (bicyclic) bond motifs is 1. The number of halogens is 2. The first-order valence-electron chi connectivity index (χ1n) is 8.97. The third kappa shape index (κ3) is 4.21. The quantitative estimate of drug-likeness (QED) is 0.460. The normalized spacial score (nSPS) is 10.8. The van der Waals surface area contributed by atoms with Crippen molar-refractivity contribution >= 4 is 28.3 Å². The topological polar surface area (TPSA) is 82.7 Å². The van der Waals surface area contributed by atoms with Gasteiger partial charge in [-0.25, -0.2) is 18.7 Å². The van der Waals surface area contributed by atoms with Crippen molar-refractivity contribution in [2.75, 3.05) is 17.2 Å². The van der Waals surface area contributed by atoms with Gasteiger partial charge in [0.2, 0.25) is 0 Å². The van der Waals surface area contributed by atoms with Gasteiger partial charge in [0, 0.05) is 29.7 Å². The second-order valence-corrected chi connectivity index (χ2v) is 6.40. The molecule has 146 valence electrons. The lowest BCUT2D eigenvalue weighted by Gasteiger charge is -2.07. The van der Waals surface area contributed by atoms with Gasteiger partial charge in [-0.3, -0.25) is 4.79 Å². The lowest BCUT2D eigenvalue weighted by Crippen LogP contribution is -2.15. The van der Waals surface area contributed by atoms with Crippen molar-refractivity contribution in [3.05, 3.63) is 83.9 Å². The smallest absolute Gasteiger partial charge is 0.275 e. The van der Waals surface area contributed by atoms with Crippen LogP contribution in [0.2, 0.25) is 0 Å². The number of nitrogens with zero attached hydrogens (tertiary/aromatic N) is 2. The van der Waals surface area contributed by atoms with Crippen LogP contribution in [0.25, 0.3) is 10.9 Å². The maximum Gasteiger partial charge on any atom is 0.275 e. The lowest BCUT2D eigenvalue weighted by atomic mass is 10.1. The summed E-state index contributed by atoms with van der Waals surface area (Å²) in [6.45, 7) is 0.642. The average Bonchev–Trinajstić information content (AvgIpc) is 3.14. The van der Waals surface area contributed by atoms with Crippen LogP contribution in [0.3, 0.4) is 0 Å². The van der Waals surface area contributed by atoms with E-state index in [2.05, 4.69) is 31.7 Å². The number of hydrogen-bond acceptors (Lipinski definition) is 4. The number of carbonyl (C=O) groups is 1. The molecule has 4 aromatic rings. The Morgan fingerprint density at radius 3 is 2.72 bits per heavy atom. The molecule has 0 atom stereocenters. The largest absolute Gasteiger partial charge is 0.368 e. The molecule has 4 rings (SSSR count). The zero-order valence-electron chi connectivity index (χ0n) is 15.2. The summed E-state index contributed by atoms with van der Waals surface area (Å²) < 4.78 is 26.6. The number of aromatic amines is 1. The van der Waals surface area contributed by atoms with E-state index in [-0.39, 0.29) is 11.4 Å². The third-order valence-electron chi connectivity index (χ3n) is 4.44. The number of para-hydroxylation sites is 1. The van der Waals surface area contributed by atoms with E-state index in [1.165, 1.54) is 23.3 Å². The maximum absolute atomic E-state index is 13.6. The van der Waals surface area contributed by atoms with Gasteiger partial charge in [0.15, 0.2) is 0 Å². The van der Waals surface area contributed by atoms with Crippen molar-refractivity contribution in [3.8, 4) is 0 Å². The number of benzene rings is 2. The summed E-state index contributed by atoms with van der Waals surface area (Å²) in [5.74, 6) is -1.69. The van der Waals surface area contributed by atoms with E-state index >= 15 is 0 Å². The minimum Gasteiger partial charge on any atom is -0.368 e. The van der Waals surface area contributed by atoms with Crippen LogP contribution in [0.1, 0.15) is 16.1 Å². The first-order chi connectivity index (χ1) is 14.1. The molecule has 29 heavy (non-hydrogen) atoms. The summed E-state index contributed by atoms with van der Waals surface area (Å²) in [7, 11) is 0. The molecule has 2 aromatic carbocycles. The SMILES string of the molecule is O=C(Nc1ccc(F)cc1F)c1cnc(NCCc2c[nH]c3ccccc23)cn1. The summed E-state index contributed by atoms with van der Waals surface area (Å²) in [5, 5.41) is 6.68. The predicted molar refractivity (Wildman–Crippen MR) is 107 cm³/mol. The number of carbonyl (C=O) groups excluding carboxylic acids is 1. The minimum atomic E-state index is -0.859. The number of amides is 1. The maximum atomic E-state index is 13.6. The number of anilines is 2. The Labute approximate surface area is 165 Å². The molecule has 2 heterocycles. The molecule has 0 saturated heterocycles. The zero-order chi connectivity index (χ0) is 20.2. The molecule has 3 N–H and O–H groups in total. The van der Waals surface area contributed by atoms with Gasteiger partial charge in [0.1, 0.15) is 23.1 Å². The molecule has 6 nitrogen and oxygen atoms in total. The molecule has 0 unspecified atom stereocenters. The second kappa shape index (κ2) is 8.05. The second-order valence-electron chi connectivity index (χ2n) is 6.40. The summed E-state index contributed by atoms with van der Waals surface area (Å²) in [6, 6.07) is 11.0. The molecular weight excluding hydrogens is 376 g/mol.